The summed E-state index contributed by atoms with van der Waals surface area (Å²) in [6.07, 6.45) is 3.71. The molecule has 0 aromatic heterocycles. The van der Waals surface area contributed by atoms with Crippen molar-refractivity contribution >= 4 is 31.9 Å². The molecule has 1 fully saturated rings. The van der Waals surface area contributed by atoms with Crippen LogP contribution in [0.25, 0.3) is 0 Å². The first kappa shape index (κ1) is 19.3. The number of likely N-dealkylation sites (tertiary alicyclic amines) is 1. The van der Waals surface area contributed by atoms with Crippen molar-refractivity contribution in [3.8, 4) is 0 Å². The first-order valence-electron chi connectivity index (χ1n) is 10.1. The minimum Gasteiger partial charge on any atom is -0.311 e. The van der Waals surface area contributed by atoms with E-state index in [-0.39, 0.29) is 17.6 Å². The number of carbonyl (C=O) groups is 2. The minimum atomic E-state index is 0.0638. The third-order valence-corrected chi connectivity index (χ3v) is 6.26. The standard InChI is InChI=1S/C23H27N2O2P/c26-22(25-12-4-7-17-5-1-2-9-21(17)25)16-24-13-10-18(11-14-24)23(27)19-6-3-8-20(28)15-19/h1-3,5-6,8-9,15,18H,4,7,10-14,16,28H2. The Balaban J connectivity index is 1.34. The van der Waals surface area contributed by atoms with E-state index in [0.717, 1.165) is 61.9 Å². The average Bonchev–Trinajstić information content (AvgIpc) is 2.73. The second-order valence-electron chi connectivity index (χ2n) is 7.82. The molecule has 146 valence electrons. The number of aryl methyl sites for hydroxylation is 1. The van der Waals surface area contributed by atoms with E-state index in [1.165, 1.54) is 5.56 Å². The molecule has 2 aromatic carbocycles. The van der Waals surface area contributed by atoms with Gasteiger partial charge in [-0.2, -0.15) is 0 Å². The lowest BCUT2D eigenvalue weighted by Gasteiger charge is -2.34. The Morgan fingerprint density at radius 3 is 2.57 bits per heavy atom. The lowest BCUT2D eigenvalue weighted by molar-refractivity contribution is -0.120. The lowest BCUT2D eigenvalue weighted by atomic mass is 9.89. The number of anilines is 1. The summed E-state index contributed by atoms with van der Waals surface area (Å²) in [5.74, 6) is 0.474. The molecule has 2 aliphatic heterocycles. The molecule has 0 bridgehead atoms. The van der Waals surface area contributed by atoms with Crippen LogP contribution in [-0.2, 0) is 11.2 Å². The summed E-state index contributed by atoms with van der Waals surface area (Å²) in [7, 11) is 2.65. The van der Waals surface area contributed by atoms with Crippen LogP contribution in [0.2, 0.25) is 0 Å². The Bertz CT molecular complexity index is 874. The van der Waals surface area contributed by atoms with Crippen LogP contribution in [0.5, 0.6) is 0 Å². The van der Waals surface area contributed by atoms with Crippen molar-refractivity contribution in [1.82, 2.24) is 4.90 Å². The highest BCUT2D eigenvalue weighted by Crippen LogP contribution is 2.27. The van der Waals surface area contributed by atoms with Gasteiger partial charge in [0.2, 0.25) is 5.91 Å². The van der Waals surface area contributed by atoms with Gasteiger partial charge in [-0.25, -0.2) is 0 Å². The molecule has 2 aromatic rings. The topological polar surface area (TPSA) is 40.6 Å². The Morgan fingerprint density at radius 1 is 1.00 bits per heavy atom. The van der Waals surface area contributed by atoms with Gasteiger partial charge in [0.15, 0.2) is 5.78 Å². The molecule has 4 rings (SSSR count). The second kappa shape index (κ2) is 8.55. The third kappa shape index (κ3) is 4.19. The highest BCUT2D eigenvalue weighted by Gasteiger charge is 2.29. The van der Waals surface area contributed by atoms with Crippen LogP contribution in [0.1, 0.15) is 35.2 Å². The van der Waals surface area contributed by atoms with Crippen molar-refractivity contribution in [2.45, 2.75) is 25.7 Å². The highest BCUT2D eigenvalue weighted by atomic mass is 31.0. The highest BCUT2D eigenvalue weighted by molar-refractivity contribution is 7.27. The molecule has 2 aliphatic rings. The molecule has 28 heavy (non-hydrogen) atoms. The number of Topliss-reactive ketones (excluding diaryl/α,β-unsaturated/α-hetero) is 1. The summed E-state index contributed by atoms with van der Waals surface area (Å²) < 4.78 is 0. The van der Waals surface area contributed by atoms with Gasteiger partial charge < -0.3 is 4.90 Å². The van der Waals surface area contributed by atoms with E-state index in [1.807, 2.05) is 41.3 Å². The summed E-state index contributed by atoms with van der Waals surface area (Å²) >= 11 is 0. The van der Waals surface area contributed by atoms with E-state index in [4.69, 9.17) is 0 Å². The number of piperidine rings is 1. The quantitative estimate of drug-likeness (QED) is 0.591. The normalized spacial score (nSPS) is 18.0. The number of para-hydroxylation sites is 1. The van der Waals surface area contributed by atoms with E-state index in [9.17, 15) is 9.59 Å². The SMILES string of the molecule is O=C(c1cccc(P)c1)C1CCN(CC(=O)N2CCCc3ccccc32)CC1. The molecule has 1 amide bonds. The van der Waals surface area contributed by atoms with Gasteiger partial charge in [0.25, 0.3) is 0 Å². The largest absolute Gasteiger partial charge is 0.311 e. The Hall–Kier alpha value is -2.03. The van der Waals surface area contributed by atoms with Crippen LogP contribution in [0.4, 0.5) is 5.69 Å². The van der Waals surface area contributed by atoms with Gasteiger partial charge in [0.1, 0.15) is 0 Å². The molecule has 1 atom stereocenters. The van der Waals surface area contributed by atoms with Crippen molar-refractivity contribution in [1.29, 1.82) is 0 Å². The van der Waals surface area contributed by atoms with Gasteiger partial charge in [0.05, 0.1) is 6.54 Å². The van der Waals surface area contributed by atoms with E-state index < -0.39 is 0 Å². The maximum absolute atomic E-state index is 12.9. The summed E-state index contributed by atoms with van der Waals surface area (Å²) in [5, 5.41) is 1.04. The Kier molecular flexibility index (Phi) is 5.89. The fraction of sp³-hybridized carbons (Fsp3) is 0.391. The number of hydrogen-bond acceptors (Lipinski definition) is 3. The smallest absolute Gasteiger partial charge is 0.241 e. The molecule has 0 radical (unpaired) electrons. The zero-order valence-corrected chi connectivity index (χ0v) is 17.3. The Morgan fingerprint density at radius 2 is 1.79 bits per heavy atom. The molecular weight excluding hydrogens is 367 g/mol. The predicted octanol–water partition coefficient (Wildman–Crippen LogP) is 3.06. The van der Waals surface area contributed by atoms with E-state index >= 15 is 0 Å². The number of nitrogens with zero attached hydrogens (tertiary/aromatic N) is 2. The van der Waals surface area contributed by atoms with Gasteiger partial charge in [-0.3, -0.25) is 14.5 Å². The lowest BCUT2D eigenvalue weighted by Crippen LogP contribution is -2.45. The molecule has 1 saturated heterocycles. The fourth-order valence-electron chi connectivity index (χ4n) is 4.35. The summed E-state index contributed by atoms with van der Waals surface area (Å²) in [5.41, 5.74) is 3.14. The molecular formula is C23H27N2O2P. The fourth-order valence-corrected chi connectivity index (χ4v) is 4.64. The van der Waals surface area contributed by atoms with Crippen LogP contribution in [0.3, 0.4) is 0 Å². The van der Waals surface area contributed by atoms with Crippen molar-refractivity contribution < 1.29 is 9.59 Å². The number of benzene rings is 2. The number of carbonyl (C=O) groups excluding carboxylic acids is 2. The van der Waals surface area contributed by atoms with Crippen LogP contribution in [-0.4, -0.2) is 42.8 Å². The van der Waals surface area contributed by atoms with Gasteiger partial charge in [0, 0.05) is 23.7 Å². The first-order valence-corrected chi connectivity index (χ1v) is 10.7. The van der Waals surface area contributed by atoms with Gasteiger partial charge in [-0.1, -0.05) is 36.4 Å². The van der Waals surface area contributed by atoms with Crippen molar-refractivity contribution in [2.75, 3.05) is 31.1 Å². The average molecular weight is 394 g/mol. The summed E-state index contributed by atoms with van der Waals surface area (Å²) in [4.78, 5) is 29.8. The van der Waals surface area contributed by atoms with Crippen molar-refractivity contribution in [2.24, 2.45) is 5.92 Å². The molecule has 1 unspecified atom stereocenters. The zero-order chi connectivity index (χ0) is 19.5. The molecule has 0 aliphatic carbocycles. The second-order valence-corrected chi connectivity index (χ2v) is 8.48. The zero-order valence-electron chi connectivity index (χ0n) is 16.1. The van der Waals surface area contributed by atoms with Gasteiger partial charge in [-0.15, -0.1) is 9.24 Å². The minimum absolute atomic E-state index is 0.0638. The van der Waals surface area contributed by atoms with Crippen LogP contribution in [0, 0.1) is 5.92 Å². The third-order valence-electron chi connectivity index (χ3n) is 5.90. The van der Waals surface area contributed by atoms with Crippen LogP contribution >= 0.6 is 9.24 Å². The molecule has 2 heterocycles. The molecule has 0 saturated carbocycles. The maximum Gasteiger partial charge on any atom is 0.241 e. The monoisotopic (exact) mass is 394 g/mol. The molecule has 4 nitrogen and oxygen atoms in total. The number of hydrogen-bond donors (Lipinski definition) is 0. The number of amides is 1. The molecule has 0 N–H and O–H groups in total. The Labute approximate surface area is 169 Å². The number of ketones is 1. The van der Waals surface area contributed by atoms with Crippen LogP contribution in [0.15, 0.2) is 48.5 Å². The van der Waals surface area contributed by atoms with Crippen molar-refractivity contribution in [3.63, 3.8) is 0 Å². The predicted molar refractivity (Wildman–Crippen MR) is 116 cm³/mol. The number of rotatable bonds is 4. The van der Waals surface area contributed by atoms with E-state index in [2.05, 4.69) is 26.3 Å². The van der Waals surface area contributed by atoms with E-state index in [0.29, 0.717) is 6.54 Å². The first-order chi connectivity index (χ1) is 13.6. The van der Waals surface area contributed by atoms with Crippen LogP contribution < -0.4 is 10.2 Å². The summed E-state index contributed by atoms with van der Waals surface area (Å²) in [6, 6.07) is 16.0. The van der Waals surface area contributed by atoms with Gasteiger partial charge in [-0.05, 0) is 61.8 Å². The van der Waals surface area contributed by atoms with Gasteiger partial charge >= 0.3 is 0 Å². The number of fused-ring (bicyclic) bond motifs is 1. The van der Waals surface area contributed by atoms with Crippen molar-refractivity contribution in [3.05, 3.63) is 59.7 Å². The van der Waals surface area contributed by atoms with E-state index in [1.54, 1.807) is 0 Å². The maximum atomic E-state index is 12.9. The molecule has 0 spiro atoms. The summed E-state index contributed by atoms with van der Waals surface area (Å²) in [6.45, 7) is 2.85. The molecule has 5 heteroatoms.